The molecule has 1 saturated carbocycles. The predicted molar refractivity (Wildman–Crippen MR) is 92.6 cm³/mol. The molecule has 128 valence electrons. The van der Waals surface area contributed by atoms with Crippen LogP contribution in [0.2, 0.25) is 0 Å². The van der Waals surface area contributed by atoms with Crippen LogP contribution in [-0.2, 0) is 8.53 Å². The number of rotatable bonds is 3. The SMILES string of the molecule is ClC(Cl)(Cl)c1nc(NC2CCCCC2)nc(N2CCOCC2)n1. The molecule has 1 N–H and O–H groups in total. The van der Waals surface area contributed by atoms with E-state index in [-0.39, 0.29) is 5.82 Å². The van der Waals surface area contributed by atoms with Crippen LogP contribution in [0.4, 0.5) is 11.9 Å². The van der Waals surface area contributed by atoms with E-state index in [0.717, 1.165) is 12.8 Å². The minimum Gasteiger partial charge on any atom is -0.378 e. The molecule has 2 fully saturated rings. The highest BCUT2D eigenvalue weighted by molar-refractivity contribution is 6.66. The van der Waals surface area contributed by atoms with Gasteiger partial charge in [0, 0.05) is 19.1 Å². The van der Waals surface area contributed by atoms with Gasteiger partial charge in [0.2, 0.25) is 15.7 Å². The van der Waals surface area contributed by atoms with E-state index in [4.69, 9.17) is 39.5 Å². The average Bonchev–Trinajstić information content (AvgIpc) is 2.55. The maximum atomic E-state index is 5.99. The molecule has 0 aromatic carbocycles. The molecule has 0 bridgehead atoms. The summed E-state index contributed by atoms with van der Waals surface area (Å²) in [5, 5.41) is 3.38. The standard InChI is InChI=1S/C14H20Cl3N5O/c15-14(16,17)11-19-12(18-10-4-2-1-3-5-10)21-13(20-11)22-6-8-23-9-7-22/h10H,1-9H2,(H,18,19,20,21). The summed E-state index contributed by atoms with van der Waals surface area (Å²) in [5.74, 6) is 1.16. The van der Waals surface area contributed by atoms with Crippen LogP contribution in [0.5, 0.6) is 0 Å². The lowest BCUT2D eigenvalue weighted by Gasteiger charge is -2.28. The van der Waals surface area contributed by atoms with Crippen molar-refractivity contribution in [1.82, 2.24) is 15.0 Å². The minimum atomic E-state index is -1.67. The Kier molecular flexibility index (Phi) is 5.67. The number of hydrogen-bond donors (Lipinski definition) is 1. The number of morpholine rings is 1. The van der Waals surface area contributed by atoms with Gasteiger partial charge in [-0.25, -0.2) is 0 Å². The number of nitrogens with zero attached hydrogens (tertiary/aromatic N) is 4. The van der Waals surface area contributed by atoms with E-state index in [1.165, 1.54) is 19.3 Å². The molecular weight excluding hydrogens is 361 g/mol. The molecule has 6 nitrogen and oxygen atoms in total. The van der Waals surface area contributed by atoms with Gasteiger partial charge in [0.05, 0.1) is 13.2 Å². The second-order valence-electron chi connectivity index (χ2n) is 5.86. The molecule has 0 spiro atoms. The fourth-order valence-corrected chi connectivity index (χ4v) is 3.14. The van der Waals surface area contributed by atoms with Gasteiger partial charge in [0.1, 0.15) is 0 Å². The molecule has 1 saturated heterocycles. The third kappa shape index (κ3) is 4.72. The monoisotopic (exact) mass is 379 g/mol. The second-order valence-corrected chi connectivity index (χ2v) is 8.14. The highest BCUT2D eigenvalue weighted by atomic mass is 35.6. The zero-order valence-corrected chi connectivity index (χ0v) is 15.0. The Bertz CT molecular complexity index is 528. The van der Waals surface area contributed by atoms with E-state index in [2.05, 4.69) is 20.3 Å². The topological polar surface area (TPSA) is 63.2 Å². The molecule has 0 atom stereocenters. The van der Waals surface area contributed by atoms with Crippen molar-refractivity contribution in [3.8, 4) is 0 Å². The number of anilines is 2. The quantitative estimate of drug-likeness (QED) is 0.812. The van der Waals surface area contributed by atoms with Crippen LogP contribution in [0.1, 0.15) is 37.9 Å². The Labute approximate surface area is 150 Å². The van der Waals surface area contributed by atoms with Crippen molar-refractivity contribution in [3.63, 3.8) is 0 Å². The van der Waals surface area contributed by atoms with Gasteiger partial charge in [0.15, 0.2) is 5.82 Å². The zero-order chi connectivity index (χ0) is 16.3. The molecular formula is C14H20Cl3N5O. The zero-order valence-electron chi connectivity index (χ0n) is 12.8. The second kappa shape index (κ2) is 7.55. The Morgan fingerprint density at radius 1 is 1.00 bits per heavy atom. The number of aromatic nitrogens is 3. The molecule has 0 unspecified atom stereocenters. The smallest absolute Gasteiger partial charge is 0.250 e. The Balaban J connectivity index is 1.84. The highest BCUT2D eigenvalue weighted by Crippen LogP contribution is 2.37. The van der Waals surface area contributed by atoms with E-state index in [9.17, 15) is 0 Å². The van der Waals surface area contributed by atoms with Crippen molar-refractivity contribution >= 4 is 46.7 Å². The van der Waals surface area contributed by atoms with E-state index in [1.807, 2.05) is 4.90 Å². The largest absolute Gasteiger partial charge is 0.378 e. The highest BCUT2D eigenvalue weighted by Gasteiger charge is 2.30. The first-order chi connectivity index (χ1) is 11.0. The fraction of sp³-hybridized carbons (Fsp3) is 0.786. The molecule has 3 rings (SSSR count). The van der Waals surface area contributed by atoms with E-state index in [0.29, 0.717) is 44.2 Å². The van der Waals surface area contributed by atoms with Crippen LogP contribution >= 0.6 is 34.8 Å². The van der Waals surface area contributed by atoms with Crippen LogP contribution in [0.25, 0.3) is 0 Å². The lowest BCUT2D eigenvalue weighted by Crippen LogP contribution is -2.38. The van der Waals surface area contributed by atoms with Crippen LogP contribution in [0.15, 0.2) is 0 Å². The van der Waals surface area contributed by atoms with E-state index in [1.54, 1.807) is 0 Å². The molecule has 2 heterocycles. The van der Waals surface area contributed by atoms with E-state index >= 15 is 0 Å². The molecule has 0 amide bonds. The molecule has 9 heteroatoms. The maximum absolute atomic E-state index is 5.99. The molecule has 1 aliphatic heterocycles. The van der Waals surface area contributed by atoms with Crippen molar-refractivity contribution in [2.24, 2.45) is 0 Å². The summed E-state index contributed by atoms with van der Waals surface area (Å²) in [4.78, 5) is 15.2. The average molecular weight is 381 g/mol. The van der Waals surface area contributed by atoms with Gasteiger partial charge in [-0.1, -0.05) is 54.1 Å². The van der Waals surface area contributed by atoms with Gasteiger partial charge >= 0.3 is 0 Å². The summed E-state index contributed by atoms with van der Waals surface area (Å²) in [5.41, 5.74) is 0. The van der Waals surface area contributed by atoms with Crippen molar-refractivity contribution in [3.05, 3.63) is 5.82 Å². The van der Waals surface area contributed by atoms with Gasteiger partial charge in [-0.2, -0.15) is 15.0 Å². The van der Waals surface area contributed by atoms with Crippen LogP contribution < -0.4 is 10.2 Å². The first-order valence-corrected chi connectivity index (χ1v) is 9.08. The number of hydrogen-bond acceptors (Lipinski definition) is 6. The number of halogens is 3. The Hall–Kier alpha value is -0.560. The third-order valence-electron chi connectivity index (χ3n) is 4.11. The van der Waals surface area contributed by atoms with E-state index < -0.39 is 3.79 Å². The first-order valence-electron chi connectivity index (χ1n) is 7.95. The van der Waals surface area contributed by atoms with Crippen molar-refractivity contribution < 1.29 is 4.74 Å². The van der Waals surface area contributed by atoms with Gasteiger partial charge in [-0.05, 0) is 12.8 Å². The van der Waals surface area contributed by atoms with Gasteiger partial charge in [-0.15, -0.1) is 0 Å². The summed E-state index contributed by atoms with van der Waals surface area (Å²) in [6, 6.07) is 0.368. The van der Waals surface area contributed by atoms with Crippen LogP contribution in [0.3, 0.4) is 0 Å². The molecule has 23 heavy (non-hydrogen) atoms. The minimum absolute atomic E-state index is 0.150. The normalized spacial score (nSPS) is 20.6. The lowest BCUT2D eigenvalue weighted by atomic mass is 9.96. The predicted octanol–water partition coefficient (Wildman–Crippen LogP) is 3.28. The third-order valence-corrected chi connectivity index (χ3v) is 4.62. The summed E-state index contributed by atoms with van der Waals surface area (Å²) in [6.07, 6.45) is 5.95. The summed E-state index contributed by atoms with van der Waals surface area (Å²) in [6.45, 7) is 2.71. The number of alkyl halides is 3. The van der Waals surface area contributed by atoms with Gasteiger partial charge in [0.25, 0.3) is 0 Å². The lowest BCUT2D eigenvalue weighted by molar-refractivity contribution is 0.122. The van der Waals surface area contributed by atoms with Crippen molar-refractivity contribution in [2.45, 2.75) is 41.9 Å². The maximum Gasteiger partial charge on any atom is 0.250 e. The first kappa shape index (κ1) is 17.3. The van der Waals surface area contributed by atoms with Crippen LogP contribution in [-0.4, -0.2) is 47.3 Å². The molecule has 1 aromatic heterocycles. The number of nitrogens with one attached hydrogen (secondary N) is 1. The fourth-order valence-electron chi connectivity index (χ4n) is 2.89. The van der Waals surface area contributed by atoms with Crippen molar-refractivity contribution in [1.29, 1.82) is 0 Å². The molecule has 2 aliphatic rings. The summed E-state index contributed by atoms with van der Waals surface area (Å²) < 4.78 is 3.69. The summed E-state index contributed by atoms with van der Waals surface area (Å²) >= 11 is 18.0. The Morgan fingerprint density at radius 3 is 2.35 bits per heavy atom. The van der Waals surface area contributed by atoms with Gasteiger partial charge < -0.3 is 15.0 Å². The molecule has 1 aliphatic carbocycles. The molecule has 0 radical (unpaired) electrons. The van der Waals surface area contributed by atoms with Gasteiger partial charge in [-0.3, -0.25) is 0 Å². The van der Waals surface area contributed by atoms with Crippen molar-refractivity contribution in [2.75, 3.05) is 36.5 Å². The Morgan fingerprint density at radius 2 is 1.70 bits per heavy atom. The van der Waals surface area contributed by atoms with Crippen LogP contribution in [0, 0.1) is 0 Å². The molecule has 1 aromatic rings. The summed E-state index contributed by atoms with van der Waals surface area (Å²) in [7, 11) is 0. The number of ether oxygens (including phenoxy) is 1.